The second-order valence-electron chi connectivity index (χ2n) is 5.32. The molecule has 2 heteroatoms. The maximum atomic E-state index is 10.9. The van der Waals surface area contributed by atoms with Gasteiger partial charge >= 0.3 is 0 Å². The molecule has 3 rings (SSSR count). The molecular formula is C14H18OS. The van der Waals surface area contributed by atoms with Gasteiger partial charge in [0, 0.05) is 10.3 Å². The highest BCUT2D eigenvalue weighted by Gasteiger charge is 2.38. The minimum absolute atomic E-state index is 0.470. The second kappa shape index (κ2) is 3.99. The smallest absolute Gasteiger partial charge is 0.160 e. The fraction of sp³-hybridized carbons (Fsp3) is 0.643. The lowest BCUT2D eigenvalue weighted by Gasteiger charge is -2.40. The maximum Gasteiger partial charge on any atom is 0.160 e. The van der Waals surface area contributed by atoms with Gasteiger partial charge in [-0.05, 0) is 43.7 Å². The van der Waals surface area contributed by atoms with E-state index in [1.807, 2.05) is 0 Å². The van der Waals surface area contributed by atoms with E-state index < -0.39 is 0 Å². The van der Waals surface area contributed by atoms with E-state index in [9.17, 15) is 4.79 Å². The molecule has 0 unspecified atom stereocenters. The van der Waals surface area contributed by atoms with Gasteiger partial charge < -0.3 is 0 Å². The van der Waals surface area contributed by atoms with Crippen LogP contribution >= 0.6 is 11.3 Å². The van der Waals surface area contributed by atoms with Gasteiger partial charge in [0.15, 0.2) is 6.29 Å². The zero-order valence-corrected chi connectivity index (χ0v) is 10.4. The molecule has 1 fully saturated rings. The molecule has 1 heterocycles. The van der Waals surface area contributed by atoms with Crippen LogP contribution in [-0.2, 0) is 11.8 Å². The van der Waals surface area contributed by atoms with Gasteiger partial charge in [-0.25, -0.2) is 0 Å². The molecule has 0 N–H and O–H groups in total. The Bertz CT molecular complexity index is 399. The number of hydrogen-bond donors (Lipinski definition) is 0. The molecule has 16 heavy (non-hydrogen) atoms. The van der Waals surface area contributed by atoms with E-state index in [1.165, 1.54) is 56.9 Å². The lowest BCUT2D eigenvalue weighted by Crippen LogP contribution is -2.31. The minimum atomic E-state index is 0.470. The molecule has 0 aliphatic heterocycles. The topological polar surface area (TPSA) is 17.1 Å². The molecule has 86 valence electrons. The van der Waals surface area contributed by atoms with Gasteiger partial charge in [0.2, 0.25) is 0 Å². The summed E-state index contributed by atoms with van der Waals surface area (Å²) in [5, 5.41) is 0. The van der Waals surface area contributed by atoms with Crippen molar-refractivity contribution in [2.24, 2.45) is 0 Å². The van der Waals surface area contributed by atoms with E-state index in [4.69, 9.17) is 0 Å². The molecule has 0 saturated heterocycles. The number of hydrogen-bond acceptors (Lipinski definition) is 2. The molecule has 1 aromatic rings. The summed E-state index contributed by atoms with van der Waals surface area (Å²) >= 11 is 1.77. The number of fused-ring (bicyclic) bond motifs is 2. The van der Waals surface area contributed by atoms with Gasteiger partial charge in [-0.3, -0.25) is 4.79 Å². The fourth-order valence-electron chi connectivity index (χ4n) is 3.58. The third kappa shape index (κ3) is 1.55. The first-order chi connectivity index (χ1) is 7.84. The first-order valence-corrected chi connectivity index (χ1v) is 7.24. The van der Waals surface area contributed by atoms with Crippen molar-refractivity contribution < 1.29 is 4.79 Å². The van der Waals surface area contributed by atoms with E-state index in [2.05, 4.69) is 6.07 Å². The van der Waals surface area contributed by atoms with Crippen molar-refractivity contribution in [2.45, 2.75) is 56.8 Å². The number of aryl methyl sites for hydroxylation is 1. The summed E-state index contributed by atoms with van der Waals surface area (Å²) in [6.45, 7) is 0. The van der Waals surface area contributed by atoms with Crippen LogP contribution in [0.25, 0.3) is 0 Å². The van der Waals surface area contributed by atoms with E-state index in [0.29, 0.717) is 5.41 Å². The Kier molecular flexibility index (Phi) is 2.62. The average molecular weight is 234 g/mol. The van der Waals surface area contributed by atoms with Crippen molar-refractivity contribution >= 4 is 17.6 Å². The van der Waals surface area contributed by atoms with Crippen molar-refractivity contribution in [1.82, 2.24) is 0 Å². The van der Waals surface area contributed by atoms with Gasteiger partial charge in [-0.15, -0.1) is 11.3 Å². The molecule has 1 nitrogen and oxygen atoms in total. The summed E-state index contributed by atoms with van der Waals surface area (Å²) < 4.78 is 0. The monoisotopic (exact) mass is 234 g/mol. The molecular weight excluding hydrogens is 216 g/mol. The highest BCUT2D eigenvalue weighted by molar-refractivity contribution is 7.14. The number of rotatable bonds is 1. The van der Waals surface area contributed by atoms with Gasteiger partial charge in [-0.1, -0.05) is 19.3 Å². The average Bonchev–Trinajstić information content (AvgIpc) is 2.75. The first kappa shape index (κ1) is 10.5. The number of carbonyl (C=O) groups is 1. The van der Waals surface area contributed by atoms with E-state index in [-0.39, 0.29) is 0 Å². The molecule has 1 saturated carbocycles. The van der Waals surface area contributed by atoms with Crippen LogP contribution < -0.4 is 0 Å². The van der Waals surface area contributed by atoms with Crippen LogP contribution in [-0.4, -0.2) is 6.29 Å². The molecule has 0 radical (unpaired) electrons. The Balaban J connectivity index is 2.03. The Hall–Kier alpha value is -0.630. The van der Waals surface area contributed by atoms with E-state index >= 15 is 0 Å². The zero-order valence-electron chi connectivity index (χ0n) is 9.63. The van der Waals surface area contributed by atoms with Crippen molar-refractivity contribution in [3.8, 4) is 0 Å². The summed E-state index contributed by atoms with van der Waals surface area (Å²) in [4.78, 5) is 13.4. The third-order valence-corrected chi connectivity index (χ3v) is 5.69. The summed E-state index contributed by atoms with van der Waals surface area (Å²) in [5.74, 6) is 0. The van der Waals surface area contributed by atoms with Gasteiger partial charge in [0.1, 0.15) is 0 Å². The molecule has 0 amide bonds. The van der Waals surface area contributed by atoms with Gasteiger partial charge in [-0.2, -0.15) is 0 Å². The predicted molar refractivity (Wildman–Crippen MR) is 67.4 cm³/mol. The SMILES string of the molecule is O=Cc1cc2c(s1)C1(CCCCC1)CCC2. The largest absolute Gasteiger partial charge is 0.297 e. The first-order valence-electron chi connectivity index (χ1n) is 6.42. The Morgan fingerprint density at radius 3 is 2.62 bits per heavy atom. The summed E-state index contributed by atoms with van der Waals surface area (Å²) in [7, 11) is 0. The summed E-state index contributed by atoms with van der Waals surface area (Å²) in [6, 6.07) is 2.14. The quantitative estimate of drug-likeness (QED) is 0.669. The van der Waals surface area contributed by atoms with Crippen LogP contribution in [0.1, 0.15) is 65.1 Å². The van der Waals surface area contributed by atoms with Crippen LogP contribution in [0.3, 0.4) is 0 Å². The van der Waals surface area contributed by atoms with Crippen LogP contribution in [0, 0.1) is 0 Å². The second-order valence-corrected chi connectivity index (χ2v) is 6.40. The molecule has 0 aromatic carbocycles. The number of carbonyl (C=O) groups excluding carboxylic acids is 1. The van der Waals surface area contributed by atoms with Gasteiger partial charge in [0.25, 0.3) is 0 Å². The Morgan fingerprint density at radius 1 is 1.12 bits per heavy atom. The van der Waals surface area contributed by atoms with Crippen molar-refractivity contribution in [3.05, 3.63) is 21.4 Å². The van der Waals surface area contributed by atoms with Crippen molar-refractivity contribution in [3.63, 3.8) is 0 Å². The van der Waals surface area contributed by atoms with Crippen LogP contribution in [0.2, 0.25) is 0 Å². The lowest BCUT2D eigenvalue weighted by molar-refractivity contribution is 0.112. The Labute approximate surface area is 101 Å². The van der Waals surface area contributed by atoms with E-state index in [1.54, 1.807) is 16.2 Å². The fourth-order valence-corrected chi connectivity index (χ4v) is 4.88. The normalized spacial score (nSPS) is 23.0. The van der Waals surface area contributed by atoms with Gasteiger partial charge in [0.05, 0.1) is 4.88 Å². The van der Waals surface area contributed by atoms with Crippen LogP contribution in [0.15, 0.2) is 6.07 Å². The minimum Gasteiger partial charge on any atom is -0.297 e. The van der Waals surface area contributed by atoms with Crippen molar-refractivity contribution in [1.29, 1.82) is 0 Å². The lowest BCUT2D eigenvalue weighted by atomic mass is 9.66. The molecule has 0 atom stereocenters. The highest BCUT2D eigenvalue weighted by atomic mass is 32.1. The summed E-state index contributed by atoms with van der Waals surface area (Å²) in [5.41, 5.74) is 1.96. The predicted octanol–water partition coefficient (Wildman–Crippen LogP) is 4.10. The molecule has 1 aromatic heterocycles. The van der Waals surface area contributed by atoms with Crippen molar-refractivity contribution in [2.75, 3.05) is 0 Å². The third-order valence-electron chi connectivity index (χ3n) is 4.34. The standard InChI is InChI=1S/C14H18OS/c15-10-12-9-11-5-4-8-14(13(11)16-12)6-2-1-3-7-14/h9-10H,1-8H2. The van der Waals surface area contributed by atoms with Crippen LogP contribution in [0.4, 0.5) is 0 Å². The molecule has 0 bridgehead atoms. The summed E-state index contributed by atoms with van der Waals surface area (Å²) in [6.07, 6.45) is 11.8. The zero-order chi connectivity index (χ0) is 11.0. The van der Waals surface area contributed by atoms with Crippen LogP contribution in [0.5, 0.6) is 0 Å². The van der Waals surface area contributed by atoms with E-state index in [0.717, 1.165) is 11.2 Å². The Morgan fingerprint density at radius 2 is 1.88 bits per heavy atom. The highest BCUT2D eigenvalue weighted by Crippen LogP contribution is 2.50. The number of aldehydes is 1. The molecule has 1 spiro atoms. The maximum absolute atomic E-state index is 10.9. The molecule has 2 aliphatic carbocycles. The number of thiophene rings is 1. The molecule has 2 aliphatic rings.